The third-order valence-electron chi connectivity index (χ3n) is 3.60. The highest BCUT2D eigenvalue weighted by Gasteiger charge is 2.48. The molecule has 0 aromatic rings. The van der Waals surface area contributed by atoms with Gasteiger partial charge in [-0.2, -0.15) is 11.8 Å². The highest BCUT2D eigenvalue weighted by Crippen LogP contribution is 2.35. The molecule has 2 aliphatic rings. The van der Waals surface area contributed by atoms with E-state index in [-0.39, 0.29) is 6.10 Å². The van der Waals surface area contributed by atoms with Gasteiger partial charge in [0.2, 0.25) is 0 Å². The second kappa shape index (κ2) is 4.94. The Hall–Kier alpha value is -0.260. The van der Waals surface area contributed by atoms with Gasteiger partial charge >= 0.3 is 5.97 Å². The van der Waals surface area contributed by atoms with E-state index in [0.29, 0.717) is 6.61 Å². The summed E-state index contributed by atoms with van der Waals surface area (Å²) >= 11 is 1.75. The Kier molecular flexibility index (Phi) is 3.77. The van der Waals surface area contributed by atoms with Crippen LogP contribution in [0, 0.1) is 0 Å². The van der Waals surface area contributed by atoms with Crippen LogP contribution < -0.4 is 0 Å². The molecule has 0 bridgehead atoms. The minimum Gasteiger partial charge on any atom is -0.480 e. The van der Waals surface area contributed by atoms with Crippen molar-refractivity contribution in [2.75, 3.05) is 31.2 Å². The number of nitrogens with zero attached hydrogens (tertiary/aromatic N) is 1. The second-order valence-electron chi connectivity index (χ2n) is 4.49. The van der Waals surface area contributed by atoms with E-state index in [2.05, 4.69) is 11.8 Å². The van der Waals surface area contributed by atoms with Crippen LogP contribution in [-0.4, -0.2) is 58.8 Å². The van der Waals surface area contributed by atoms with Gasteiger partial charge in [0.15, 0.2) is 0 Å². The predicted molar refractivity (Wildman–Crippen MR) is 63.9 cm³/mol. The Balaban J connectivity index is 2.11. The summed E-state index contributed by atoms with van der Waals surface area (Å²) in [7, 11) is 0. The molecular weight excluding hydrogens is 226 g/mol. The number of carboxylic acid groups (broad SMARTS) is 1. The van der Waals surface area contributed by atoms with Crippen molar-refractivity contribution in [1.82, 2.24) is 4.90 Å². The molecule has 92 valence electrons. The van der Waals surface area contributed by atoms with Crippen LogP contribution in [0.3, 0.4) is 0 Å². The van der Waals surface area contributed by atoms with Crippen molar-refractivity contribution in [1.29, 1.82) is 0 Å². The lowest BCUT2D eigenvalue weighted by Gasteiger charge is -2.42. The zero-order valence-corrected chi connectivity index (χ0v) is 10.5. The van der Waals surface area contributed by atoms with Crippen LogP contribution in [0.5, 0.6) is 0 Å². The van der Waals surface area contributed by atoms with E-state index in [0.717, 1.165) is 37.4 Å². The van der Waals surface area contributed by atoms with Crippen LogP contribution in [-0.2, 0) is 9.53 Å². The first kappa shape index (κ1) is 12.2. The summed E-state index contributed by atoms with van der Waals surface area (Å²) in [4.78, 5) is 13.7. The molecule has 2 atom stereocenters. The maximum atomic E-state index is 11.5. The fourth-order valence-corrected chi connectivity index (χ4v) is 3.88. The van der Waals surface area contributed by atoms with E-state index in [1.807, 2.05) is 0 Å². The molecule has 0 aromatic carbocycles. The van der Waals surface area contributed by atoms with Crippen molar-refractivity contribution in [3.05, 3.63) is 0 Å². The topological polar surface area (TPSA) is 49.8 Å². The molecule has 2 fully saturated rings. The fourth-order valence-electron chi connectivity index (χ4n) is 2.46. The number of hydrogen-bond donors (Lipinski definition) is 1. The second-order valence-corrected chi connectivity index (χ2v) is 5.59. The molecule has 2 saturated heterocycles. The minimum atomic E-state index is -0.658. The van der Waals surface area contributed by atoms with Crippen molar-refractivity contribution >= 4 is 17.7 Å². The molecule has 16 heavy (non-hydrogen) atoms. The molecule has 5 heteroatoms. The zero-order chi connectivity index (χ0) is 11.6. The summed E-state index contributed by atoms with van der Waals surface area (Å²) < 4.78 is 5.60. The van der Waals surface area contributed by atoms with Crippen molar-refractivity contribution in [2.24, 2.45) is 0 Å². The molecule has 1 N–H and O–H groups in total. The van der Waals surface area contributed by atoms with Gasteiger partial charge < -0.3 is 9.84 Å². The molecule has 0 radical (unpaired) electrons. The van der Waals surface area contributed by atoms with Gasteiger partial charge in [0.05, 0.1) is 12.7 Å². The summed E-state index contributed by atoms with van der Waals surface area (Å²) in [6.07, 6.45) is 1.93. The van der Waals surface area contributed by atoms with Gasteiger partial charge in [-0.1, -0.05) is 6.92 Å². The highest BCUT2D eigenvalue weighted by atomic mass is 32.2. The van der Waals surface area contributed by atoms with Crippen LogP contribution in [0.25, 0.3) is 0 Å². The lowest BCUT2D eigenvalue weighted by molar-refractivity contribution is -0.155. The van der Waals surface area contributed by atoms with Crippen molar-refractivity contribution in [3.63, 3.8) is 0 Å². The predicted octanol–water partition coefficient (Wildman–Crippen LogP) is 1.06. The van der Waals surface area contributed by atoms with E-state index in [1.165, 1.54) is 0 Å². The summed E-state index contributed by atoms with van der Waals surface area (Å²) in [6.45, 7) is 4.27. The molecule has 2 aliphatic heterocycles. The van der Waals surface area contributed by atoms with E-state index in [1.54, 1.807) is 11.8 Å². The quantitative estimate of drug-likeness (QED) is 0.805. The summed E-state index contributed by atoms with van der Waals surface area (Å²) in [5, 5.41) is 9.48. The van der Waals surface area contributed by atoms with E-state index >= 15 is 0 Å². The van der Waals surface area contributed by atoms with Gasteiger partial charge in [-0.15, -0.1) is 0 Å². The van der Waals surface area contributed by atoms with Crippen LogP contribution in [0.4, 0.5) is 0 Å². The molecule has 2 heterocycles. The monoisotopic (exact) mass is 245 g/mol. The van der Waals surface area contributed by atoms with E-state index in [4.69, 9.17) is 4.74 Å². The Morgan fingerprint density at radius 3 is 3.06 bits per heavy atom. The zero-order valence-electron chi connectivity index (χ0n) is 9.65. The third kappa shape index (κ3) is 2.08. The average Bonchev–Trinajstić information content (AvgIpc) is 2.79. The average molecular weight is 245 g/mol. The number of thioether (sulfide) groups is 1. The first-order valence-electron chi connectivity index (χ1n) is 5.87. The first-order valence-corrected chi connectivity index (χ1v) is 7.02. The Morgan fingerprint density at radius 1 is 1.69 bits per heavy atom. The minimum absolute atomic E-state index is 0.204. The maximum absolute atomic E-state index is 11.5. The highest BCUT2D eigenvalue weighted by molar-refractivity contribution is 7.99. The number of carbonyl (C=O) groups is 1. The number of hydrogen-bond acceptors (Lipinski definition) is 4. The lowest BCUT2D eigenvalue weighted by atomic mass is 9.95. The maximum Gasteiger partial charge on any atom is 0.325 e. The molecule has 4 nitrogen and oxygen atoms in total. The van der Waals surface area contributed by atoms with Crippen molar-refractivity contribution in [3.8, 4) is 0 Å². The normalized spacial score (nSPS) is 36.4. The molecule has 0 saturated carbocycles. The molecule has 0 spiro atoms. The lowest BCUT2D eigenvalue weighted by Crippen LogP contribution is -2.60. The van der Waals surface area contributed by atoms with E-state index < -0.39 is 11.5 Å². The van der Waals surface area contributed by atoms with Crippen LogP contribution in [0.15, 0.2) is 0 Å². The van der Waals surface area contributed by atoms with Gasteiger partial charge in [-0.3, -0.25) is 9.69 Å². The van der Waals surface area contributed by atoms with Crippen molar-refractivity contribution in [2.45, 2.75) is 31.4 Å². The van der Waals surface area contributed by atoms with Crippen LogP contribution >= 0.6 is 11.8 Å². The first-order chi connectivity index (χ1) is 7.69. The van der Waals surface area contributed by atoms with Crippen LogP contribution in [0.2, 0.25) is 0 Å². The van der Waals surface area contributed by atoms with Gasteiger partial charge in [0, 0.05) is 18.8 Å². The largest absolute Gasteiger partial charge is 0.480 e. The Labute approximate surface area is 100 Å². The Bertz CT molecular complexity index is 266. The molecule has 0 aromatic heterocycles. The van der Waals surface area contributed by atoms with E-state index in [9.17, 15) is 9.90 Å². The smallest absolute Gasteiger partial charge is 0.325 e. The number of ether oxygens (including phenoxy) is 1. The molecule has 2 rings (SSSR count). The SMILES string of the molecule is CCC1CN(C2(C(=O)O)CCSC2)CCO1. The summed E-state index contributed by atoms with van der Waals surface area (Å²) in [6, 6.07) is 0. The fraction of sp³-hybridized carbons (Fsp3) is 0.909. The standard InChI is InChI=1S/C11H19NO3S/c1-2-9-7-12(4-5-15-9)11(10(13)14)3-6-16-8-11/h9H,2-8H2,1H3,(H,13,14). The van der Waals surface area contributed by atoms with Gasteiger partial charge in [0.25, 0.3) is 0 Å². The number of morpholine rings is 1. The molecule has 0 amide bonds. The van der Waals surface area contributed by atoms with Crippen molar-refractivity contribution < 1.29 is 14.6 Å². The number of aliphatic carboxylic acids is 1. The van der Waals surface area contributed by atoms with Gasteiger partial charge in [-0.05, 0) is 18.6 Å². The number of carboxylic acids is 1. The summed E-state index contributed by atoms with van der Waals surface area (Å²) in [5.41, 5.74) is -0.623. The third-order valence-corrected chi connectivity index (χ3v) is 4.77. The van der Waals surface area contributed by atoms with Crippen LogP contribution in [0.1, 0.15) is 19.8 Å². The van der Waals surface area contributed by atoms with Gasteiger partial charge in [-0.25, -0.2) is 0 Å². The molecule has 0 aliphatic carbocycles. The Morgan fingerprint density at radius 2 is 2.50 bits per heavy atom. The summed E-state index contributed by atoms with van der Waals surface area (Å²) in [5.74, 6) is 1.02. The van der Waals surface area contributed by atoms with Gasteiger partial charge in [0.1, 0.15) is 5.54 Å². The number of rotatable bonds is 3. The molecular formula is C11H19NO3S. The molecule has 2 unspecified atom stereocenters.